The molecule has 3 rings (SSSR count). The van der Waals surface area contributed by atoms with E-state index in [-0.39, 0.29) is 16.4 Å². The van der Waals surface area contributed by atoms with E-state index in [1.807, 2.05) is 6.92 Å². The highest BCUT2D eigenvalue weighted by molar-refractivity contribution is 5.79. The quantitative estimate of drug-likeness (QED) is 0.267. The third kappa shape index (κ3) is 5.15. The van der Waals surface area contributed by atoms with E-state index in [0.29, 0.717) is 46.0 Å². The molecule has 1 atom stereocenters. The number of hydrogen-bond donors (Lipinski definition) is 0. The number of allylic oxidation sites excluding steroid dienone is 2. The van der Waals surface area contributed by atoms with Crippen molar-refractivity contribution < 1.29 is 17.6 Å². The summed E-state index contributed by atoms with van der Waals surface area (Å²) in [6, 6.07) is 3.27. The number of halogens is 3. The van der Waals surface area contributed by atoms with Gasteiger partial charge in [0.1, 0.15) is 11.2 Å². The molecule has 0 saturated carbocycles. The fourth-order valence-corrected chi connectivity index (χ4v) is 4.18. The molecule has 0 spiro atoms. The van der Waals surface area contributed by atoms with Gasteiger partial charge in [-0.2, -0.15) is 13.2 Å². The number of benzene rings is 2. The zero-order chi connectivity index (χ0) is 24.6. The predicted molar refractivity (Wildman–Crippen MR) is 127 cm³/mol. The second-order valence-electron chi connectivity index (χ2n) is 9.67. The Kier molecular flexibility index (Phi) is 7.06. The molecule has 0 bridgehead atoms. The van der Waals surface area contributed by atoms with Crippen LogP contribution in [0.25, 0.3) is 22.6 Å². The molecule has 6 heteroatoms. The monoisotopic (exact) mass is 459 g/mol. The molecular weight excluding hydrogens is 427 g/mol. The van der Waals surface area contributed by atoms with E-state index in [0.717, 1.165) is 31.4 Å². The van der Waals surface area contributed by atoms with Gasteiger partial charge in [-0.3, -0.25) is 4.79 Å². The van der Waals surface area contributed by atoms with Crippen molar-refractivity contribution in [2.45, 2.75) is 73.4 Å². The van der Waals surface area contributed by atoms with Gasteiger partial charge >= 0.3 is 6.18 Å². The molecule has 0 saturated heterocycles. The van der Waals surface area contributed by atoms with Crippen LogP contribution in [0.1, 0.15) is 69.2 Å². The van der Waals surface area contributed by atoms with E-state index in [2.05, 4.69) is 37.9 Å². The van der Waals surface area contributed by atoms with E-state index in [1.54, 1.807) is 13.8 Å². The minimum atomic E-state index is -4.48. The number of fused-ring (bicyclic) bond motifs is 2. The van der Waals surface area contributed by atoms with Crippen molar-refractivity contribution in [2.24, 2.45) is 11.3 Å². The summed E-state index contributed by atoms with van der Waals surface area (Å²) in [5.41, 5.74) is 1.87. The van der Waals surface area contributed by atoms with Crippen molar-refractivity contribution in [1.82, 2.24) is 4.98 Å². The van der Waals surface area contributed by atoms with Crippen molar-refractivity contribution >= 4 is 11.1 Å². The lowest BCUT2D eigenvalue weighted by Gasteiger charge is -2.32. The minimum absolute atomic E-state index is 0.0287. The molecule has 0 aromatic heterocycles. The topological polar surface area (TPSA) is 43.1 Å². The third-order valence-corrected chi connectivity index (χ3v) is 7.11. The van der Waals surface area contributed by atoms with Gasteiger partial charge in [0.05, 0.1) is 5.56 Å². The van der Waals surface area contributed by atoms with E-state index >= 15 is 0 Å². The van der Waals surface area contributed by atoms with Crippen LogP contribution in [0.15, 0.2) is 39.6 Å². The predicted octanol–water partition coefficient (Wildman–Crippen LogP) is 7.88. The highest BCUT2D eigenvalue weighted by Crippen LogP contribution is 2.38. The lowest BCUT2D eigenvalue weighted by molar-refractivity contribution is -0.137. The first kappa shape index (κ1) is 25.0. The summed E-state index contributed by atoms with van der Waals surface area (Å²) in [7, 11) is 0. The summed E-state index contributed by atoms with van der Waals surface area (Å²) in [4.78, 5) is 17.7. The van der Waals surface area contributed by atoms with Gasteiger partial charge in [-0.15, -0.1) is 0 Å². The lowest BCUT2D eigenvalue weighted by Crippen LogP contribution is -2.24. The van der Waals surface area contributed by atoms with E-state index in [1.165, 1.54) is 6.07 Å². The maximum absolute atomic E-state index is 13.2. The largest absolute Gasteiger partial charge is 0.452 e. The van der Waals surface area contributed by atoms with Gasteiger partial charge in [0.15, 0.2) is 16.8 Å². The summed E-state index contributed by atoms with van der Waals surface area (Å²) in [5, 5.41) is 0. The molecular formula is C27H32F3NO2. The molecule has 1 aliphatic carbocycles. The van der Waals surface area contributed by atoms with Crippen LogP contribution in [0.3, 0.4) is 0 Å². The molecule has 0 amide bonds. The normalized spacial score (nSPS) is 14.0. The second kappa shape index (κ2) is 9.32. The Labute approximate surface area is 193 Å². The van der Waals surface area contributed by atoms with Crippen molar-refractivity contribution in [3.8, 4) is 11.5 Å². The zero-order valence-electron chi connectivity index (χ0n) is 20.2. The molecule has 1 aliphatic heterocycles. The number of aromatic nitrogens is 1. The lowest BCUT2D eigenvalue weighted by atomic mass is 9.74. The molecule has 2 aliphatic rings. The van der Waals surface area contributed by atoms with Crippen molar-refractivity contribution in [3.63, 3.8) is 0 Å². The van der Waals surface area contributed by atoms with Crippen molar-refractivity contribution in [1.29, 1.82) is 0 Å². The van der Waals surface area contributed by atoms with Gasteiger partial charge in [-0.25, -0.2) is 4.98 Å². The molecule has 0 radical (unpaired) electrons. The van der Waals surface area contributed by atoms with E-state index in [9.17, 15) is 18.0 Å². The maximum atomic E-state index is 13.2. The third-order valence-electron chi connectivity index (χ3n) is 7.11. The average molecular weight is 460 g/mol. The summed E-state index contributed by atoms with van der Waals surface area (Å²) >= 11 is 0. The van der Waals surface area contributed by atoms with Crippen LogP contribution < -0.4 is 5.43 Å². The van der Waals surface area contributed by atoms with Crippen LogP contribution in [0.5, 0.6) is 0 Å². The Morgan fingerprint density at radius 3 is 2.48 bits per heavy atom. The molecule has 0 N–H and O–H groups in total. The fraction of sp³-hybridized carbons (Fsp3) is 0.481. The second-order valence-corrected chi connectivity index (χ2v) is 9.67. The first-order chi connectivity index (χ1) is 15.4. The highest BCUT2D eigenvalue weighted by atomic mass is 19.4. The first-order valence-electron chi connectivity index (χ1n) is 11.4. The first-order valence-corrected chi connectivity index (χ1v) is 11.4. The number of alkyl halides is 3. The van der Waals surface area contributed by atoms with Gasteiger partial charge in [-0.1, -0.05) is 32.9 Å². The average Bonchev–Trinajstić information content (AvgIpc) is 2.75. The van der Waals surface area contributed by atoms with Crippen LogP contribution in [-0.2, 0) is 12.6 Å². The summed E-state index contributed by atoms with van der Waals surface area (Å²) in [6.07, 6.45) is 3.02. The summed E-state index contributed by atoms with van der Waals surface area (Å²) < 4.78 is 45.6. The Bertz CT molecular complexity index is 1200. The van der Waals surface area contributed by atoms with E-state index in [4.69, 9.17) is 4.42 Å². The minimum Gasteiger partial charge on any atom is -0.452 e. The van der Waals surface area contributed by atoms with Crippen LogP contribution >= 0.6 is 0 Å². The molecule has 1 aromatic carbocycles. The van der Waals surface area contributed by atoms with Gasteiger partial charge in [0, 0.05) is 11.1 Å². The van der Waals surface area contributed by atoms with Gasteiger partial charge in [0.2, 0.25) is 0 Å². The molecule has 3 nitrogen and oxygen atoms in total. The smallest absolute Gasteiger partial charge is 0.416 e. The van der Waals surface area contributed by atoms with Crippen LogP contribution in [0, 0.1) is 25.2 Å². The Hall–Kier alpha value is -2.63. The molecule has 1 aromatic rings. The summed E-state index contributed by atoms with van der Waals surface area (Å²) in [6.45, 7) is 12.2. The van der Waals surface area contributed by atoms with Gasteiger partial charge in [-0.05, 0) is 81.5 Å². The maximum Gasteiger partial charge on any atom is 0.416 e. The van der Waals surface area contributed by atoms with Crippen molar-refractivity contribution in [3.05, 3.63) is 62.8 Å². The van der Waals surface area contributed by atoms with Gasteiger partial charge < -0.3 is 4.42 Å². The van der Waals surface area contributed by atoms with Crippen LogP contribution in [-0.4, -0.2) is 4.98 Å². The standard InChI is InChI=1S/C27H32F3NO2/c1-7-8-9-14-26(5,6)16(2)10-12-20-24(32)18(4)17(3)23-25(20)33-22-15-19(27(28,29)30)11-13-21(22)31-23/h7-8,11,13,15-16H,9-10,12,14H2,1-6H3/b8-7-. The summed E-state index contributed by atoms with van der Waals surface area (Å²) in [5.74, 6) is 0.637. The van der Waals surface area contributed by atoms with Crippen molar-refractivity contribution in [2.75, 3.05) is 0 Å². The van der Waals surface area contributed by atoms with Crippen LogP contribution in [0.2, 0.25) is 0 Å². The zero-order valence-corrected chi connectivity index (χ0v) is 20.2. The molecule has 33 heavy (non-hydrogen) atoms. The Morgan fingerprint density at radius 1 is 1.15 bits per heavy atom. The fourth-order valence-electron chi connectivity index (χ4n) is 4.18. The highest BCUT2D eigenvalue weighted by Gasteiger charge is 2.32. The SMILES string of the molecule is C/C=C\CCC(C)(C)C(C)CCc1c2oc3cc(C(F)(F)F)ccc3nc-2c(C)c(C)c1=O. The number of hydrogen-bond acceptors (Lipinski definition) is 3. The van der Waals surface area contributed by atoms with Crippen LogP contribution in [0.4, 0.5) is 13.2 Å². The Balaban J connectivity index is 2.05. The number of nitrogens with zero attached hydrogens (tertiary/aromatic N) is 1. The van der Waals surface area contributed by atoms with Gasteiger partial charge in [0.25, 0.3) is 0 Å². The van der Waals surface area contributed by atoms with E-state index < -0.39 is 11.7 Å². The molecule has 0 fully saturated rings. The molecule has 1 unspecified atom stereocenters. The number of rotatable bonds is 7. The Morgan fingerprint density at radius 2 is 1.85 bits per heavy atom. The molecule has 178 valence electrons. The molecule has 1 heterocycles.